The zero-order valence-corrected chi connectivity index (χ0v) is 16.3. The average Bonchev–Trinajstić information content (AvgIpc) is 2.98. The summed E-state index contributed by atoms with van der Waals surface area (Å²) in [5, 5.41) is 1.99. The Morgan fingerprint density at radius 2 is 1.86 bits per heavy atom. The zero-order valence-electron chi connectivity index (χ0n) is 14.7. The fourth-order valence-electron chi connectivity index (χ4n) is 2.71. The van der Waals surface area contributed by atoms with Gasteiger partial charge in [0.1, 0.15) is 10.7 Å². The molecule has 0 unspecified atom stereocenters. The van der Waals surface area contributed by atoms with Crippen molar-refractivity contribution in [3.63, 3.8) is 0 Å². The van der Waals surface area contributed by atoms with Gasteiger partial charge in [-0.15, -0.1) is 11.3 Å². The molecule has 2 aromatic carbocycles. The molecule has 0 aliphatic heterocycles. The van der Waals surface area contributed by atoms with E-state index < -0.39 is 41.7 Å². The van der Waals surface area contributed by atoms with Gasteiger partial charge in [-0.2, -0.15) is 13.2 Å². The van der Waals surface area contributed by atoms with Gasteiger partial charge in [0.15, 0.2) is 6.61 Å². The van der Waals surface area contributed by atoms with Crippen LogP contribution in [0.5, 0.6) is 0 Å². The van der Waals surface area contributed by atoms with Gasteiger partial charge in [-0.1, -0.05) is 23.7 Å². The predicted molar refractivity (Wildman–Crippen MR) is 102 cm³/mol. The summed E-state index contributed by atoms with van der Waals surface area (Å²) in [6, 6.07) is 7.44. The van der Waals surface area contributed by atoms with Crippen LogP contribution in [0.2, 0.25) is 5.02 Å². The number of benzene rings is 2. The normalized spacial score (nSPS) is 11.5. The Balaban J connectivity index is 1.73. The molecule has 0 saturated heterocycles. The molecule has 0 bridgehead atoms. The largest absolute Gasteiger partial charge is 0.451 e. The number of para-hydroxylation sites is 1. The highest BCUT2D eigenvalue weighted by atomic mass is 35.5. The van der Waals surface area contributed by atoms with Gasteiger partial charge in [0.2, 0.25) is 0 Å². The van der Waals surface area contributed by atoms with Crippen molar-refractivity contribution >= 4 is 50.6 Å². The van der Waals surface area contributed by atoms with E-state index in [-0.39, 0.29) is 15.3 Å². The molecular formula is C19H12ClF4NO3S. The monoisotopic (exact) mass is 445 g/mol. The summed E-state index contributed by atoms with van der Waals surface area (Å²) in [4.78, 5) is 24.4. The maximum atomic E-state index is 13.9. The Bertz CT molecular complexity index is 1110. The lowest BCUT2D eigenvalue weighted by Crippen LogP contribution is -2.23. The zero-order chi connectivity index (χ0) is 21.3. The number of rotatable bonds is 4. The average molecular weight is 446 g/mol. The number of halogens is 5. The number of esters is 1. The molecule has 1 aromatic heterocycles. The number of alkyl halides is 3. The van der Waals surface area contributed by atoms with Crippen LogP contribution in [-0.2, 0) is 15.7 Å². The molecule has 10 heteroatoms. The van der Waals surface area contributed by atoms with Crippen molar-refractivity contribution in [3.05, 3.63) is 63.2 Å². The molecule has 0 aliphatic carbocycles. The summed E-state index contributed by atoms with van der Waals surface area (Å²) >= 11 is 6.76. The smallest absolute Gasteiger partial charge is 0.418 e. The van der Waals surface area contributed by atoms with Crippen molar-refractivity contribution in [1.29, 1.82) is 0 Å². The first-order chi connectivity index (χ1) is 13.6. The van der Waals surface area contributed by atoms with E-state index in [1.54, 1.807) is 6.07 Å². The first kappa shape index (κ1) is 21.1. The molecular weight excluding hydrogens is 434 g/mol. The van der Waals surface area contributed by atoms with Crippen LogP contribution in [0.25, 0.3) is 10.1 Å². The van der Waals surface area contributed by atoms with E-state index >= 15 is 0 Å². The van der Waals surface area contributed by atoms with Crippen molar-refractivity contribution in [2.75, 3.05) is 11.9 Å². The molecule has 1 N–H and O–H groups in total. The summed E-state index contributed by atoms with van der Waals surface area (Å²) in [7, 11) is 0. The van der Waals surface area contributed by atoms with Gasteiger partial charge in [-0.25, -0.2) is 9.18 Å². The van der Waals surface area contributed by atoms with E-state index in [0.717, 1.165) is 23.5 Å². The molecule has 1 amide bonds. The van der Waals surface area contributed by atoms with E-state index in [1.165, 1.54) is 25.1 Å². The van der Waals surface area contributed by atoms with E-state index in [2.05, 4.69) is 0 Å². The van der Waals surface area contributed by atoms with Crippen LogP contribution in [0.1, 0.15) is 20.8 Å². The number of carbonyl (C=O) groups excluding carboxylic acids is 2. The molecule has 3 rings (SSSR count). The van der Waals surface area contributed by atoms with Crippen LogP contribution in [0.15, 0.2) is 36.4 Å². The van der Waals surface area contributed by atoms with Crippen LogP contribution < -0.4 is 5.32 Å². The molecule has 0 saturated carbocycles. The molecule has 0 spiro atoms. The number of hydrogen-bond acceptors (Lipinski definition) is 4. The van der Waals surface area contributed by atoms with Crippen molar-refractivity contribution in [2.45, 2.75) is 13.1 Å². The second kappa shape index (κ2) is 8.00. The third-order valence-corrected chi connectivity index (χ3v) is 5.56. The molecule has 0 fully saturated rings. The quantitative estimate of drug-likeness (QED) is 0.407. The predicted octanol–water partition coefficient (Wildman–Crippen LogP) is 5.82. The number of aryl methyl sites for hydroxylation is 1. The van der Waals surface area contributed by atoms with Gasteiger partial charge in [0.05, 0.1) is 16.3 Å². The number of amides is 1. The van der Waals surface area contributed by atoms with Crippen molar-refractivity contribution in [3.8, 4) is 0 Å². The Labute approximate surface area is 171 Å². The fourth-order valence-corrected chi connectivity index (χ4v) is 4.05. The second-order valence-corrected chi connectivity index (χ2v) is 7.41. The summed E-state index contributed by atoms with van der Waals surface area (Å²) in [6.07, 6.45) is -4.73. The van der Waals surface area contributed by atoms with Crippen molar-refractivity contribution < 1.29 is 31.9 Å². The highest BCUT2D eigenvalue weighted by molar-refractivity contribution is 7.21. The van der Waals surface area contributed by atoms with Crippen LogP contribution in [0, 0.1) is 12.7 Å². The van der Waals surface area contributed by atoms with Crippen LogP contribution in [0.3, 0.4) is 0 Å². The first-order valence-electron chi connectivity index (χ1n) is 8.10. The van der Waals surface area contributed by atoms with Crippen molar-refractivity contribution in [1.82, 2.24) is 0 Å². The molecule has 1 heterocycles. The van der Waals surface area contributed by atoms with Gasteiger partial charge < -0.3 is 10.1 Å². The minimum Gasteiger partial charge on any atom is -0.451 e. The number of hydrogen-bond donors (Lipinski definition) is 1. The SMILES string of the molecule is Cc1c(C(=O)OCC(=O)Nc2c(Cl)cccc2C(F)(F)F)sc2cccc(F)c12. The Kier molecular flexibility index (Phi) is 5.81. The Morgan fingerprint density at radius 1 is 1.17 bits per heavy atom. The lowest BCUT2D eigenvalue weighted by molar-refractivity contribution is -0.137. The second-order valence-electron chi connectivity index (χ2n) is 5.95. The molecule has 0 atom stereocenters. The third-order valence-electron chi connectivity index (χ3n) is 4.01. The van der Waals surface area contributed by atoms with E-state index in [9.17, 15) is 27.2 Å². The molecule has 3 aromatic rings. The topological polar surface area (TPSA) is 55.4 Å². The molecule has 29 heavy (non-hydrogen) atoms. The van der Waals surface area contributed by atoms with E-state index in [4.69, 9.17) is 16.3 Å². The van der Waals surface area contributed by atoms with Gasteiger partial charge in [-0.3, -0.25) is 4.79 Å². The summed E-state index contributed by atoms with van der Waals surface area (Å²) in [5.41, 5.74) is -1.39. The Morgan fingerprint density at radius 3 is 2.52 bits per heavy atom. The lowest BCUT2D eigenvalue weighted by Gasteiger charge is -2.15. The molecule has 0 radical (unpaired) electrons. The Hall–Kier alpha value is -2.65. The molecule has 152 valence electrons. The number of thiophene rings is 1. The number of fused-ring (bicyclic) bond motifs is 1. The standard InChI is InChI=1S/C19H12ClF4NO3S/c1-9-15-12(21)6-3-7-13(15)29-17(9)18(27)28-8-14(26)25-16-10(19(22,23)24)4-2-5-11(16)20/h2-7H,8H2,1H3,(H,25,26). The highest BCUT2D eigenvalue weighted by Crippen LogP contribution is 2.38. The number of nitrogens with one attached hydrogen (secondary N) is 1. The van der Waals surface area contributed by atoms with Crippen LogP contribution in [-0.4, -0.2) is 18.5 Å². The third kappa shape index (κ3) is 4.35. The maximum absolute atomic E-state index is 13.9. The maximum Gasteiger partial charge on any atom is 0.418 e. The summed E-state index contributed by atoms with van der Waals surface area (Å²) < 4.78 is 58.6. The van der Waals surface area contributed by atoms with Gasteiger partial charge in [0, 0.05) is 10.1 Å². The number of ether oxygens (including phenoxy) is 1. The van der Waals surface area contributed by atoms with E-state index in [0.29, 0.717) is 10.3 Å². The first-order valence-corrected chi connectivity index (χ1v) is 9.29. The number of carbonyl (C=O) groups is 2. The van der Waals surface area contributed by atoms with Crippen LogP contribution in [0.4, 0.5) is 23.2 Å². The minimum absolute atomic E-state index is 0.103. The summed E-state index contributed by atoms with van der Waals surface area (Å²) in [5.74, 6) is -2.37. The van der Waals surface area contributed by atoms with Gasteiger partial charge in [0.25, 0.3) is 5.91 Å². The lowest BCUT2D eigenvalue weighted by atomic mass is 10.1. The summed E-state index contributed by atoms with van der Waals surface area (Å²) in [6.45, 7) is 0.704. The van der Waals surface area contributed by atoms with Gasteiger partial charge in [-0.05, 0) is 36.8 Å². The molecule has 4 nitrogen and oxygen atoms in total. The minimum atomic E-state index is -4.73. The molecule has 0 aliphatic rings. The van der Waals surface area contributed by atoms with Gasteiger partial charge >= 0.3 is 12.1 Å². The van der Waals surface area contributed by atoms with Crippen molar-refractivity contribution in [2.24, 2.45) is 0 Å². The highest BCUT2D eigenvalue weighted by Gasteiger charge is 2.35. The van der Waals surface area contributed by atoms with Crippen LogP contribution >= 0.6 is 22.9 Å². The van der Waals surface area contributed by atoms with E-state index in [1.807, 2.05) is 5.32 Å². The number of anilines is 1. The fraction of sp³-hybridized carbons (Fsp3) is 0.158.